The minimum Gasteiger partial charge on any atom is -0.493 e. The number of Topliss-reactive ketones (excluding diaryl/α,β-unsaturated/α-hetero) is 1. The smallest absolute Gasteiger partial charge is 0.163 e. The third-order valence-electron chi connectivity index (χ3n) is 4.10. The summed E-state index contributed by atoms with van der Waals surface area (Å²) >= 11 is 0. The first-order chi connectivity index (χ1) is 9.33. The van der Waals surface area contributed by atoms with Gasteiger partial charge in [-0.05, 0) is 68.5 Å². The van der Waals surface area contributed by atoms with Gasteiger partial charge in [0.1, 0.15) is 5.75 Å². The fourth-order valence-electron chi connectivity index (χ4n) is 3.01. The van der Waals surface area contributed by atoms with Gasteiger partial charge in [0.05, 0.1) is 6.61 Å². The standard InChI is InChI=1S/C16H21NO2/c18-15(9-12-3-1-7-17-11-12)13-5-6-16-14(10-13)4-2-8-19-16/h5-6,10,12,17H,1-4,7-9,11H2. The van der Waals surface area contributed by atoms with Crippen LogP contribution in [0.4, 0.5) is 0 Å². The van der Waals surface area contributed by atoms with E-state index in [1.54, 1.807) is 0 Å². The Balaban J connectivity index is 1.69. The highest BCUT2D eigenvalue weighted by Gasteiger charge is 2.19. The third-order valence-corrected chi connectivity index (χ3v) is 4.10. The van der Waals surface area contributed by atoms with E-state index in [0.29, 0.717) is 12.3 Å². The Morgan fingerprint density at radius 2 is 2.32 bits per heavy atom. The van der Waals surface area contributed by atoms with Crippen molar-refractivity contribution in [1.29, 1.82) is 0 Å². The number of aryl methyl sites for hydroxylation is 1. The number of hydrogen-bond acceptors (Lipinski definition) is 3. The van der Waals surface area contributed by atoms with Gasteiger partial charge in [-0.25, -0.2) is 0 Å². The summed E-state index contributed by atoms with van der Waals surface area (Å²) in [6.45, 7) is 2.88. The first-order valence-corrected chi connectivity index (χ1v) is 7.32. The predicted molar refractivity (Wildman–Crippen MR) is 74.8 cm³/mol. The Morgan fingerprint density at radius 3 is 3.16 bits per heavy atom. The van der Waals surface area contributed by atoms with Crippen molar-refractivity contribution in [1.82, 2.24) is 5.32 Å². The number of piperidine rings is 1. The zero-order chi connectivity index (χ0) is 13.1. The van der Waals surface area contributed by atoms with Gasteiger partial charge in [-0.2, -0.15) is 0 Å². The molecule has 102 valence electrons. The number of carbonyl (C=O) groups excluding carboxylic acids is 1. The van der Waals surface area contributed by atoms with Gasteiger partial charge >= 0.3 is 0 Å². The van der Waals surface area contributed by atoms with Crippen LogP contribution in [-0.2, 0) is 6.42 Å². The zero-order valence-electron chi connectivity index (χ0n) is 11.3. The Labute approximate surface area is 114 Å². The van der Waals surface area contributed by atoms with Crippen molar-refractivity contribution in [3.05, 3.63) is 29.3 Å². The van der Waals surface area contributed by atoms with Crippen molar-refractivity contribution in [3.63, 3.8) is 0 Å². The van der Waals surface area contributed by atoms with Crippen LogP contribution in [0.3, 0.4) is 0 Å². The molecule has 1 N–H and O–H groups in total. The van der Waals surface area contributed by atoms with Crippen LogP contribution in [0.25, 0.3) is 0 Å². The minimum absolute atomic E-state index is 0.280. The molecule has 2 heterocycles. The molecule has 0 spiro atoms. The molecule has 0 amide bonds. The maximum atomic E-state index is 12.3. The lowest BCUT2D eigenvalue weighted by molar-refractivity contribution is 0.0953. The van der Waals surface area contributed by atoms with Crippen LogP contribution in [0.1, 0.15) is 41.6 Å². The first kappa shape index (κ1) is 12.7. The van der Waals surface area contributed by atoms with E-state index < -0.39 is 0 Å². The average Bonchev–Trinajstić information content (AvgIpc) is 2.48. The first-order valence-electron chi connectivity index (χ1n) is 7.32. The Bertz CT molecular complexity index is 464. The largest absolute Gasteiger partial charge is 0.493 e. The zero-order valence-corrected chi connectivity index (χ0v) is 11.3. The van der Waals surface area contributed by atoms with E-state index in [4.69, 9.17) is 4.74 Å². The second-order valence-electron chi connectivity index (χ2n) is 5.61. The van der Waals surface area contributed by atoms with E-state index in [-0.39, 0.29) is 5.78 Å². The topological polar surface area (TPSA) is 38.3 Å². The maximum Gasteiger partial charge on any atom is 0.163 e. The number of hydrogen-bond donors (Lipinski definition) is 1. The van der Waals surface area contributed by atoms with E-state index in [1.165, 1.54) is 18.4 Å². The van der Waals surface area contributed by atoms with Crippen molar-refractivity contribution >= 4 is 5.78 Å². The van der Waals surface area contributed by atoms with Crippen molar-refractivity contribution in [2.75, 3.05) is 19.7 Å². The summed E-state index contributed by atoms with van der Waals surface area (Å²) in [6, 6.07) is 5.91. The molecule has 19 heavy (non-hydrogen) atoms. The number of ketones is 1. The molecule has 0 bridgehead atoms. The number of nitrogens with one attached hydrogen (secondary N) is 1. The minimum atomic E-state index is 0.280. The highest BCUT2D eigenvalue weighted by atomic mass is 16.5. The molecule has 2 aliphatic rings. The lowest BCUT2D eigenvalue weighted by Crippen LogP contribution is -2.31. The summed E-state index contributed by atoms with van der Waals surface area (Å²) in [5, 5.41) is 3.37. The van der Waals surface area contributed by atoms with Crippen LogP contribution in [-0.4, -0.2) is 25.5 Å². The number of rotatable bonds is 3. The third kappa shape index (κ3) is 2.98. The molecule has 1 fully saturated rings. The summed E-state index contributed by atoms with van der Waals surface area (Å²) in [6.07, 6.45) is 5.12. The maximum absolute atomic E-state index is 12.3. The molecule has 3 nitrogen and oxygen atoms in total. The fourth-order valence-corrected chi connectivity index (χ4v) is 3.01. The van der Waals surface area contributed by atoms with E-state index in [0.717, 1.165) is 43.9 Å². The van der Waals surface area contributed by atoms with Gasteiger partial charge in [-0.1, -0.05) is 0 Å². The second kappa shape index (κ2) is 5.74. The van der Waals surface area contributed by atoms with E-state index >= 15 is 0 Å². The van der Waals surface area contributed by atoms with Crippen molar-refractivity contribution in [2.45, 2.75) is 32.1 Å². The number of benzene rings is 1. The Hall–Kier alpha value is -1.35. The molecule has 0 aromatic heterocycles. The SMILES string of the molecule is O=C(CC1CCCNC1)c1ccc2c(c1)CCCO2. The highest BCUT2D eigenvalue weighted by Crippen LogP contribution is 2.27. The van der Waals surface area contributed by atoms with Crippen LogP contribution in [0.5, 0.6) is 5.75 Å². The highest BCUT2D eigenvalue weighted by molar-refractivity contribution is 5.96. The molecule has 0 saturated carbocycles. The van der Waals surface area contributed by atoms with Gasteiger partial charge in [0.2, 0.25) is 0 Å². The van der Waals surface area contributed by atoms with Crippen molar-refractivity contribution in [2.24, 2.45) is 5.92 Å². The molecule has 3 rings (SSSR count). The Morgan fingerprint density at radius 1 is 1.37 bits per heavy atom. The van der Waals surface area contributed by atoms with Crippen LogP contribution >= 0.6 is 0 Å². The number of fused-ring (bicyclic) bond motifs is 1. The number of carbonyl (C=O) groups is 1. The molecule has 2 aliphatic heterocycles. The molecule has 1 atom stereocenters. The lowest BCUT2D eigenvalue weighted by atomic mass is 9.91. The molecule has 1 aromatic carbocycles. The molecule has 1 saturated heterocycles. The van der Waals surface area contributed by atoms with E-state index in [9.17, 15) is 4.79 Å². The quantitative estimate of drug-likeness (QED) is 0.848. The molecule has 1 aromatic rings. The molecule has 0 radical (unpaired) electrons. The van der Waals surface area contributed by atoms with E-state index in [2.05, 4.69) is 5.32 Å². The van der Waals surface area contributed by atoms with Crippen LogP contribution in [0.15, 0.2) is 18.2 Å². The summed E-state index contributed by atoms with van der Waals surface area (Å²) in [7, 11) is 0. The second-order valence-corrected chi connectivity index (χ2v) is 5.61. The normalized spacial score (nSPS) is 22.4. The average molecular weight is 259 g/mol. The van der Waals surface area contributed by atoms with Crippen molar-refractivity contribution in [3.8, 4) is 5.75 Å². The molecule has 0 aliphatic carbocycles. The monoisotopic (exact) mass is 259 g/mol. The summed E-state index contributed by atoms with van der Waals surface area (Å²) in [5.41, 5.74) is 2.05. The van der Waals surface area contributed by atoms with E-state index in [1.807, 2.05) is 18.2 Å². The van der Waals surface area contributed by atoms with Crippen LogP contribution in [0.2, 0.25) is 0 Å². The fraction of sp³-hybridized carbons (Fsp3) is 0.562. The van der Waals surface area contributed by atoms with Gasteiger partial charge in [-0.3, -0.25) is 4.79 Å². The van der Waals surface area contributed by atoms with Gasteiger partial charge in [0.15, 0.2) is 5.78 Å². The molecule has 1 unspecified atom stereocenters. The summed E-state index contributed by atoms with van der Waals surface area (Å²) in [5.74, 6) is 1.75. The molecular formula is C16H21NO2. The van der Waals surface area contributed by atoms with Crippen LogP contribution in [0, 0.1) is 5.92 Å². The van der Waals surface area contributed by atoms with Gasteiger partial charge < -0.3 is 10.1 Å². The molecule has 3 heteroatoms. The van der Waals surface area contributed by atoms with Gasteiger partial charge in [0, 0.05) is 12.0 Å². The van der Waals surface area contributed by atoms with Gasteiger partial charge in [-0.15, -0.1) is 0 Å². The lowest BCUT2D eigenvalue weighted by Gasteiger charge is -2.22. The summed E-state index contributed by atoms with van der Waals surface area (Å²) < 4.78 is 5.59. The predicted octanol–water partition coefficient (Wildman–Crippen LogP) is 2.58. The van der Waals surface area contributed by atoms with Gasteiger partial charge in [0.25, 0.3) is 0 Å². The number of ether oxygens (including phenoxy) is 1. The molecular weight excluding hydrogens is 238 g/mol. The van der Waals surface area contributed by atoms with Crippen molar-refractivity contribution < 1.29 is 9.53 Å². The van der Waals surface area contributed by atoms with Crippen LogP contribution < -0.4 is 10.1 Å². The summed E-state index contributed by atoms with van der Waals surface area (Å²) in [4.78, 5) is 12.3. The Kier molecular flexibility index (Phi) is 3.83.